The van der Waals surface area contributed by atoms with Gasteiger partial charge >= 0.3 is 0 Å². The number of hydrogen-bond donors (Lipinski definition) is 1. The third-order valence-corrected chi connectivity index (χ3v) is 4.98. The van der Waals surface area contributed by atoms with E-state index >= 15 is 0 Å². The van der Waals surface area contributed by atoms with Gasteiger partial charge in [0.15, 0.2) is 0 Å². The summed E-state index contributed by atoms with van der Waals surface area (Å²) >= 11 is 1.55. The van der Waals surface area contributed by atoms with Crippen molar-refractivity contribution in [2.45, 2.75) is 44.7 Å². The summed E-state index contributed by atoms with van der Waals surface area (Å²) in [6.45, 7) is 2.52. The van der Waals surface area contributed by atoms with Gasteiger partial charge in [0.2, 0.25) is 11.8 Å². The first-order valence-electron chi connectivity index (χ1n) is 6.62. The fourth-order valence-electron chi connectivity index (χ4n) is 3.08. The van der Waals surface area contributed by atoms with Gasteiger partial charge in [-0.25, -0.2) is 4.98 Å². The minimum Gasteiger partial charge on any atom is -0.345 e. The fraction of sp³-hybridized carbons (Fsp3) is 0.615. The summed E-state index contributed by atoms with van der Waals surface area (Å²) in [5.41, 5.74) is 0.351. The van der Waals surface area contributed by atoms with Crippen molar-refractivity contribution in [1.29, 1.82) is 0 Å². The van der Waals surface area contributed by atoms with Crippen molar-refractivity contribution in [2.24, 2.45) is 0 Å². The number of thiazole rings is 1. The zero-order valence-electron chi connectivity index (χ0n) is 10.9. The van der Waals surface area contributed by atoms with E-state index in [9.17, 15) is 9.59 Å². The van der Waals surface area contributed by atoms with Crippen LogP contribution >= 0.6 is 11.3 Å². The number of carbonyl (C=O) groups excluding carboxylic acids is 2. The van der Waals surface area contributed by atoms with Gasteiger partial charge in [-0.2, -0.15) is 0 Å². The van der Waals surface area contributed by atoms with Crippen LogP contribution in [0.2, 0.25) is 0 Å². The smallest absolute Gasteiger partial charge is 0.246 e. The third-order valence-electron chi connectivity index (χ3n) is 4.03. The van der Waals surface area contributed by atoms with E-state index in [1.165, 1.54) is 0 Å². The van der Waals surface area contributed by atoms with Gasteiger partial charge in [0.1, 0.15) is 10.5 Å². The van der Waals surface area contributed by atoms with Gasteiger partial charge in [0.05, 0.1) is 13.1 Å². The molecule has 1 saturated carbocycles. The first-order valence-corrected chi connectivity index (χ1v) is 7.49. The number of amides is 2. The minimum absolute atomic E-state index is 0.00866. The average Bonchev–Trinajstić information content (AvgIpc) is 3.01. The highest BCUT2D eigenvalue weighted by molar-refractivity contribution is 7.09. The molecule has 1 spiro atoms. The molecule has 2 amide bonds. The van der Waals surface area contributed by atoms with Crippen molar-refractivity contribution in [2.75, 3.05) is 6.54 Å². The summed E-state index contributed by atoms with van der Waals surface area (Å²) in [6.07, 6.45) is 3.56. The Hall–Kier alpha value is -1.43. The lowest BCUT2D eigenvalue weighted by Gasteiger charge is -2.43. The number of aryl methyl sites for hydroxylation is 1. The Morgan fingerprint density at radius 2 is 2.16 bits per heavy atom. The molecule has 6 heteroatoms. The molecular formula is C13H17N3O2S. The molecule has 1 aromatic heterocycles. The molecule has 1 aliphatic carbocycles. The second kappa shape index (κ2) is 4.59. The van der Waals surface area contributed by atoms with Gasteiger partial charge in [-0.15, -0.1) is 11.3 Å². The van der Waals surface area contributed by atoms with Crippen molar-refractivity contribution in [3.63, 3.8) is 0 Å². The van der Waals surface area contributed by atoms with Gasteiger partial charge in [-0.1, -0.05) is 12.8 Å². The van der Waals surface area contributed by atoms with Gasteiger partial charge in [-0.05, 0) is 19.8 Å². The number of nitrogens with zero attached hydrogens (tertiary/aromatic N) is 2. The highest BCUT2D eigenvalue weighted by Gasteiger charge is 2.50. The molecule has 2 heterocycles. The van der Waals surface area contributed by atoms with Crippen molar-refractivity contribution < 1.29 is 9.59 Å². The van der Waals surface area contributed by atoms with E-state index in [1.807, 2.05) is 12.3 Å². The van der Waals surface area contributed by atoms with E-state index in [2.05, 4.69) is 10.3 Å². The van der Waals surface area contributed by atoms with Crippen LogP contribution < -0.4 is 5.32 Å². The molecule has 2 aliphatic rings. The van der Waals surface area contributed by atoms with E-state index in [1.54, 1.807) is 16.2 Å². The van der Waals surface area contributed by atoms with Crippen LogP contribution in [-0.4, -0.2) is 33.8 Å². The Morgan fingerprint density at radius 3 is 2.79 bits per heavy atom. The van der Waals surface area contributed by atoms with Gasteiger partial charge < -0.3 is 10.2 Å². The monoisotopic (exact) mass is 279 g/mol. The number of hydrogen-bond acceptors (Lipinski definition) is 4. The number of piperazine rings is 1. The Bertz CT molecular complexity index is 520. The van der Waals surface area contributed by atoms with E-state index in [0.717, 1.165) is 36.4 Å². The van der Waals surface area contributed by atoms with Crippen LogP contribution in [0, 0.1) is 6.92 Å². The quantitative estimate of drug-likeness (QED) is 0.885. The summed E-state index contributed by atoms with van der Waals surface area (Å²) in [6, 6.07) is 0. The number of carbonyl (C=O) groups is 2. The van der Waals surface area contributed by atoms with Crippen LogP contribution in [0.4, 0.5) is 0 Å². The maximum absolute atomic E-state index is 12.2. The topological polar surface area (TPSA) is 62.3 Å². The van der Waals surface area contributed by atoms with Crippen LogP contribution in [0.25, 0.3) is 0 Å². The van der Waals surface area contributed by atoms with Crippen LogP contribution in [0.3, 0.4) is 0 Å². The van der Waals surface area contributed by atoms with Crippen molar-refractivity contribution in [1.82, 2.24) is 15.2 Å². The Labute approximate surface area is 116 Å². The molecule has 1 aromatic rings. The Balaban J connectivity index is 1.90. The standard InChI is InChI=1S/C13H17N3O2S/c1-9-8-19-10(15-9)7-16-11(17)6-14-12(18)13(16)4-2-3-5-13/h8H,2-7H2,1H3,(H,14,18). The number of rotatable bonds is 2. The van der Waals surface area contributed by atoms with Crippen LogP contribution in [0.1, 0.15) is 36.4 Å². The zero-order valence-corrected chi connectivity index (χ0v) is 11.8. The maximum Gasteiger partial charge on any atom is 0.246 e. The molecule has 19 heavy (non-hydrogen) atoms. The second-order valence-electron chi connectivity index (χ2n) is 5.28. The largest absolute Gasteiger partial charge is 0.345 e. The average molecular weight is 279 g/mol. The van der Waals surface area contributed by atoms with Crippen molar-refractivity contribution in [3.05, 3.63) is 16.1 Å². The summed E-state index contributed by atoms with van der Waals surface area (Å²) in [5.74, 6) is 0.0206. The lowest BCUT2D eigenvalue weighted by Crippen LogP contribution is -2.65. The van der Waals surface area contributed by atoms with Gasteiger partial charge in [0.25, 0.3) is 0 Å². The SMILES string of the molecule is Cc1csc(CN2C(=O)CNC(=O)C23CCCC3)n1. The molecule has 102 valence electrons. The van der Waals surface area contributed by atoms with E-state index in [0.29, 0.717) is 6.54 Å². The zero-order chi connectivity index (χ0) is 13.5. The maximum atomic E-state index is 12.2. The predicted octanol–water partition coefficient (Wildman–Crippen LogP) is 1.22. The van der Waals surface area contributed by atoms with Crippen molar-refractivity contribution in [3.8, 4) is 0 Å². The molecule has 0 unspecified atom stereocenters. The highest BCUT2D eigenvalue weighted by atomic mass is 32.1. The van der Waals surface area contributed by atoms with Crippen molar-refractivity contribution >= 4 is 23.2 Å². The van der Waals surface area contributed by atoms with E-state index < -0.39 is 5.54 Å². The normalized spacial score (nSPS) is 22.1. The lowest BCUT2D eigenvalue weighted by atomic mass is 9.91. The van der Waals surface area contributed by atoms with Crippen LogP contribution in [0.5, 0.6) is 0 Å². The summed E-state index contributed by atoms with van der Waals surface area (Å²) in [5, 5.41) is 5.62. The van der Waals surface area contributed by atoms with Gasteiger partial charge in [-0.3, -0.25) is 9.59 Å². The molecule has 5 nitrogen and oxygen atoms in total. The van der Waals surface area contributed by atoms with Crippen LogP contribution in [0.15, 0.2) is 5.38 Å². The fourth-order valence-corrected chi connectivity index (χ4v) is 3.84. The third kappa shape index (κ3) is 2.04. The highest BCUT2D eigenvalue weighted by Crippen LogP contribution is 2.38. The summed E-state index contributed by atoms with van der Waals surface area (Å²) < 4.78 is 0. The molecule has 0 radical (unpaired) electrons. The molecular weight excluding hydrogens is 262 g/mol. The Kier molecular flexibility index (Phi) is 3.05. The first kappa shape index (κ1) is 12.6. The molecule has 2 fully saturated rings. The number of aromatic nitrogens is 1. The van der Waals surface area contributed by atoms with Crippen LogP contribution in [-0.2, 0) is 16.1 Å². The minimum atomic E-state index is -0.616. The van der Waals surface area contributed by atoms with E-state index in [4.69, 9.17) is 0 Å². The molecule has 0 aromatic carbocycles. The number of nitrogens with one attached hydrogen (secondary N) is 1. The molecule has 1 N–H and O–H groups in total. The molecule has 3 rings (SSSR count). The molecule has 0 atom stereocenters. The lowest BCUT2D eigenvalue weighted by molar-refractivity contribution is -0.154. The summed E-state index contributed by atoms with van der Waals surface area (Å²) in [7, 11) is 0. The second-order valence-corrected chi connectivity index (χ2v) is 6.23. The van der Waals surface area contributed by atoms with Gasteiger partial charge in [0, 0.05) is 11.1 Å². The summed E-state index contributed by atoms with van der Waals surface area (Å²) in [4.78, 5) is 30.6. The molecule has 1 saturated heterocycles. The molecule has 1 aliphatic heterocycles. The predicted molar refractivity (Wildman–Crippen MR) is 71.6 cm³/mol. The first-order chi connectivity index (χ1) is 9.12. The molecule has 0 bridgehead atoms. The Morgan fingerprint density at radius 1 is 1.42 bits per heavy atom. The van der Waals surface area contributed by atoms with E-state index in [-0.39, 0.29) is 18.4 Å².